The molecule has 1 saturated heterocycles. The van der Waals surface area contributed by atoms with Crippen LogP contribution in [-0.4, -0.2) is 62.3 Å². The zero-order chi connectivity index (χ0) is 14.4. The van der Waals surface area contributed by atoms with Gasteiger partial charge >= 0.3 is 0 Å². The Hall–Kier alpha value is 0.230. The maximum absolute atomic E-state index is 5.61. The highest BCUT2D eigenvalue weighted by Gasteiger charge is 2.36. The third kappa shape index (κ3) is 4.90. The molecule has 1 atom stereocenters. The van der Waals surface area contributed by atoms with Crippen LogP contribution in [-0.2, 0) is 4.74 Å². The molecule has 0 aromatic heterocycles. The molecule has 1 heterocycles. The number of hydrogen-bond donors (Lipinski definition) is 1. The maximum atomic E-state index is 5.61. The first-order valence-electron chi connectivity index (χ1n) is 8.19. The summed E-state index contributed by atoms with van der Waals surface area (Å²) in [6.07, 6.45) is 8.66. The summed E-state index contributed by atoms with van der Waals surface area (Å²) in [5.74, 6) is 1.25. The van der Waals surface area contributed by atoms with E-state index in [0.29, 0.717) is 11.5 Å². The van der Waals surface area contributed by atoms with Gasteiger partial charge < -0.3 is 15.0 Å². The van der Waals surface area contributed by atoms with E-state index in [0.717, 1.165) is 19.3 Å². The van der Waals surface area contributed by atoms with Crippen LogP contribution in [0.4, 0.5) is 0 Å². The van der Waals surface area contributed by atoms with Crippen molar-refractivity contribution in [2.75, 3.05) is 45.4 Å². The average Bonchev–Trinajstić information content (AvgIpc) is 3.28. The van der Waals surface area contributed by atoms with Crippen molar-refractivity contribution in [3.8, 4) is 0 Å². The minimum Gasteiger partial charge on any atom is -0.381 e. The zero-order valence-electron chi connectivity index (χ0n) is 13.5. The van der Waals surface area contributed by atoms with Crippen molar-refractivity contribution in [2.45, 2.75) is 51.1 Å². The van der Waals surface area contributed by atoms with Gasteiger partial charge in [-0.05, 0) is 50.8 Å². The highest BCUT2D eigenvalue weighted by molar-refractivity contribution is 7.98. The van der Waals surface area contributed by atoms with Crippen LogP contribution in [0.15, 0.2) is 0 Å². The standard InChI is InChI=1S/C16H32N2OS/c1-4-15(11-20-3)18(2)13-16(7-9-19-10-8-16)12-17-14-5-6-14/h14-15,17H,4-13H2,1-3H3. The van der Waals surface area contributed by atoms with E-state index in [-0.39, 0.29) is 0 Å². The van der Waals surface area contributed by atoms with Crippen LogP contribution in [0.2, 0.25) is 0 Å². The molecule has 0 amide bonds. The molecule has 118 valence electrons. The molecule has 3 nitrogen and oxygen atoms in total. The Morgan fingerprint density at radius 3 is 2.60 bits per heavy atom. The third-order valence-electron chi connectivity index (χ3n) is 4.94. The number of thioether (sulfide) groups is 1. The minimum absolute atomic E-state index is 0.432. The molecule has 0 spiro atoms. The summed E-state index contributed by atoms with van der Waals surface area (Å²) in [4.78, 5) is 2.61. The second-order valence-electron chi connectivity index (χ2n) is 6.70. The molecule has 0 aromatic carbocycles. The summed E-state index contributed by atoms with van der Waals surface area (Å²) in [6.45, 7) is 6.60. The lowest BCUT2D eigenvalue weighted by molar-refractivity contribution is -0.00571. The monoisotopic (exact) mass is 300 g/mol. The van der Waals surface area contributed by atoms with Gasteiger partial charge in [-0.3, -0.25) is 0 Å². The second kappa shape index (κ2) is 8.02. The normalized spacial score (nSPS) is 24.0. The molecule has 1 aliphatic carbocycles. The Morgan fingerprint density at radius 2 is 2.05 bits per heavy atom. The van der Waals surface area contributed by atoms with Crippen LogP contribution in [0.3, 0.4) is 0 Å². The number of rotatable bonds is 9. The van der Waals surface area contributed by atoms with Gasteiger partial charge in [0.2, 0.25) is 0 Å². The summed E-state index contributed by atoms with van der Waals surface area (Å²) in [5.41, 5.74) is 0.432. The molecule has 2 fully saturated rings. The van der Waals surface area contributed by atoms with Crippen molar-refractivity contribution in [1.29, 1.82) is 0 Å². The van der Waals surface area contributed by atoms with Gasteiger partial charge in [0.15, 0.2) is 0 Å². The van der Waals surface area contributed by atoms with E-state index in [1.54, 1.807) is 0 Å². The third-order valence-corrected chi connectivity index (χ3v) is 5.65. The molecule has 4 heteroatoms. The van der Waals surface area contributed by atoms with E-state index in [1.165, 1.54) is 50.9 Å². The first kappa shape index (κ1) is 16.6. The average molecular weight is 301 g/mol. The van der Waals surface area contributed by atoms with Crippen molar-refractivity contribution in [3.05, 3.63) is 0 Å². The quantitative estimate of drug-likeness (QED) is 0.707. The fourth-order valence-corrected chi connectivity index (χ4v) is 4.13. The summed E-state index contributed by atoms with van der Waals surface area (Å²) in [6, 6.07) is 1.53. The lowest BCUT2D eigenvalue weighted by Crippen LogP contribution is -2.49. The second-order valence-corrected chi connectivity index (χ2v) is 7.61. The minimum atomic E-state index is 0.432. The van der Waals surface area contributed by atoms with Crippen LogP contribution in [0.25, 0.3) is 0 Å². The molecule has 0 radical (unpaired) electrons. The number of hydrogen-bond acceptors (Lipinski definition) is 4. The molecular weight excluding hydrogens is 268 g/mol. The van der Waals surface area contributed by atoms with E-state index in [2.05, 4.69) is 30.4 Å². The zero-order valence-corrected chi connectivity index (χ0v) is 14.3. The van der Waals surface area contributed by atoms with Crippen molar-refractivity contribution in [1.82, 2.24) is 10.2 Å². The highest BCUT2D eigenvalue weighted by atomic mass is 32.2. The van der Waals surface area contributed by atoms with Gasteiger partial charge in [0.1, 0.15) is 0 Å². The van der Waals surface area contributed by atoms with E-state index < -0.39 is 0 Å². The first-order chi connectivity index (χ1) is 9.69. The van der Waals surface area contributed by atoms with E-state index >= 15 is 0 Å². The molecule has 1 unspecified atom stereocenters. The molecular formula is C16H32N2OS. The van der Waals surface area contributed by atoms with Gasteiger partial charge in [-0.25, -0.2) is 0 Å². The van der Waals surface area contributed by atoms with Gasteiger partial charge in [-0.15, -0.1) is 0 Å². The lowest BCUT2D eigenvalue weighted by atomic mass is 9.79. The fourth-order valence-electron chi connectivity index (χ4n) is 3.25. The van der Waals surface area contributed by atoms with Crippen molar-refractivity contribution < 1.29 is 4.74 Å². The van der Waals surface area contributed by atoms with Crippen molar-refractivity contribution >= 4 is 11.8 Å². The summed E-state index contributed by atoms with van der Waals surface area (Å²) >= 11 is 1.97. The van der Waals surface area contributed by atoms with Gasteiger partial charge in [0, 0.05) is 44.1 Å². The number of nitrogens with one attached hydrogen (secondary N) is 1. The molecule has 1 saturated carbocycles. The van der Waals surface area contributed by atoms with Gasteiger partial charge in [0.05, 0.1) is 0 Å². The SMILES string of the molecule is CCC(CSC)N(C)CC1(CNC2CC2)CCOCC1. The van der Waals surface area contributed by atoms with E-state index in [9.17, 15) is 0 Å². The summed E-state index contributed by atoms with van der Waals surface area (Å²) in [7, 11) is 2.32. The molecule has 0 aromatic rings. The van der Waals surface area contributed by atoms with Gasteiger partial charge in [0.25, 0.3) is 0 Å². The van der Waals surface area contributed by atoms with Crippen LogP contribution < -0.4 is 5.32 Å². The molecule has 20 heavy (non-hydrogen) atoms. The summed E-state index contributed by atoms with van der Waals surface area (Å²) < 4.78 is 5.61. The molecule has 1 N–H and O–H groups in total. The Morgan fingerprint density at radius 1 is 1.35 bits per heavy atom. The van der Waals surface area contributed by atoms with Crippen LogP contribution in [0.1, 0.15) is 39.0 Å². The van der Waals surface area contributed by atoms with Crippen LogP contribution >= 0.6 is 11.8 Å². The molecule has 2 rings (SSSR count). The van der Waals surface area contributed by atoms with Gasteiger partial charge in [-0.1, -0.05) is 6.92 Å². The highest BCUT2D eigenvalue weighted by Crippen LogP contribution is 2.33. The van der Waals surface area contributed by atoms with E-state index in [1.807, 2.05) is 11.8 Å². The Kier molecular flexibility index (Phi) is 6.66. The number of nitrogens with zero attached hydrogens (tertiary/aromatic N) is 1. The molecule has 1 aliphatic heterocycles. The maximum Gasteiger partial charge on any atom is 0.0472 e. The van der Waals surface area contributed by atoms with Gasteiger partial charge in [-0.2, -0.15) is 11.8 Å². The van der Waals surface area contributed by atoms with Crippen LogP contribution in [0.5, 0.6) is 0 Å². The Labute approximate surface area is 129 Å². The molecule has 0 bridgehead atoms. The predicted octanol–water partition coefficient (Wildman–Crippen LogP) is 2.61. The topological polar surface area (TPSA) is 24.5 Å². The molecule has 2 aliphatic rings. The first-order valence-corrected chi connectivity index (χ1v) is 9.59. The summed E-state index contributed by atoms with van der Waals surface area (Å²) in [5, 5.41) is 3.77. The smallest absolute Gasteiger partial charge is 0.0472 e. The fraction of sp³-hybridized carbons (Fsp3) is 1.00. The largest absolute Gasteiger partial charge is 0.381 e. The lowest BCUT2D eigenvalue weighted by Gasteiger charge is -2.42. The van der Waals surface area contributed by atoms with Crippen molar-refractivity contribution in [2.24, 2.45) is 5.41 Å². The van der Waals surface area contributed by atoms with Crippen LogP contribution in [0, 0.1) is 5.41 Å². The number of ether oxygens (including phenoxy) is 1. The predicted molar refractivity (Wildman–Crippen MR) is 88.6 cm³/mol. The Bertz CT molecular complexity index is 278. The van der Waals surface area contributed by atoms with E-state index in [4.69, 9.17) is 4.74 Å². The van der Waals surface area contributed by atoms with Crippen molar-refractivity contribution in [3.63, 3.8) is 0 Å². The Balaban J connectivity index is 1.90.